The quantitative estimate of drug-likeness (QED) is 0.811. The first-order valence-electron chi connectivity index (χ1n) is 6.09. The summed E-state index contributed by atoms with van der Waals surface area (Å²) in [5.74, 6) is 0. The number of anilines is 1. The molecule has 0 aliphatic rings. The van der Waals surface area contributed by atoms with Crippen LogP contribution in [0.1, 0.15) is 5.56 Å². The Bertz CT molecular complexity index is 696. The fourth-order valence-corrected chi connectivity index (χ4v) is 1.89. The van der Waals surface area contributed by atoms with Crippen LogP contribution < -0.4 is 15.3 Å². The van der Waals surface area contributed by atoms with E-state index in [4.69, 9.17) is 0 Å². The maximum atomic E-state index is 9.37. The largest absolute Gasteiger partial charge is 0.378 e. The molecule has 19 heavy (non-hydrogen) atoms. The van der Waals surface area contributed by atoms with Crippen LogP contribution in [0.25, 0.3) is 12.2 Å². The Labute approximate surface area is 113 Å². The van der Waals surface area contributed by atoms with Gasteiger partial charge in [0.05, 0.1) is 5.57 Å². The number of nitrogens with zero attached hydrogens (tertiary/aromatic N) is 2. The van der Waals surface area contributed by atoms with Gasteiger partial charge in [0.25, 0.3) is 0 Å². The van der Waals surface area contributed by atoms with E-state index in [2.05, 4.69) is 12.6 Å². The van der Waals surface area contributed by atoms with Gasteiger partial charge in [-0.15, -0.1) is 0 Å². The topological polar surface area (TPSA) is 27.0 Å². The molecule has 0 aliphatic heterocycles. The van der Waals surface area contributed by atoms with E-state index in [1.165, 1.54) is 0 Å². The normalized spacial score (nSPS) is 9.74. The van der Waals surface area contributed by atoms with E-state index in [0.29, 0.717) is 5.57 Å². The number of nitriles is 1. The Kier molecular flexibility index (Phi) is 3.68. The summed E-state index contributed by atoms with van der Waals surface area (Å²) in [5, 5.41) is 11.2. The number of rotatable bonds is 2. The van der Waals surface area contributed by atoms with Gasteiger partial charge in [-0.3, -0.25) is 0 Å². The van der Waals surface area contributed by atoms with Crippen molar-refractivity contribution in [2.45, 2.75) is 0 Å². The first-order valence-corrected chi connectivity index (χ1v) is 6.09. The molecular weight excluding hydrogens is 232 g/mol. The van der Waals surface area contributed by atoms with Gasteiger partial charge in [-0.25, -0.2) is 0 Å². The highest BCUT2D eigenvalue weighted by molar-refractivity contribution is 5.77. The molecule has 0 N–H and O–H groups in total. The first kappa shape index (κ1) is 12.9. The van der Waals surface area contributed by atoms with Crippen molar-refractivity contribution >= 4 is 17.8 Å². The summed E-state index contributed by atoms with van der Waals surface area (Å²) in [6.45, 7) is 3.85. The smallest absolute Gasteiger partial charge is 0.100 e. The van der Waals surface area contributed by atoms with Gasteiger partial charge in [-0.2, -0.15) is 5.26 Å². The highest BCUT2D eigenvalue weighted by Crippen LogP contribution is 2.16. The Morgan fingerprint density at radius 1 is 1.00 bits per heavy atom. The minimum absolute atomic E-state index is 0.685. The van der Waals surface area contributed by atoms with Gasteiger partial charge in [0.2, 0.25) is 0 Å². The van der Waals surface area contributed by atoms with Crippen molar-refractivity contribution < 1.29 is 0 Å². The predicted octanol–water partition coefficient (Wildman–Crippen LogP) is 1.89. The van der Waals surface area contributed by atoms with E-state index in [0.717, 1.165) is 21.7 Å². The molecule has 2 rings (SSSR count). The Hall–Kier alpha value is -2.53. The fraction of sp³-hybridized carbons (Fsp3) is 0.118. The molecule has 94 valence electrons. The van der Waals surface area contributed by atoms with Gasteiger partial charge >= 0.3 is 0 Å². The van der Waals surface area contributed by atoms with E-state index in [1.54, 1.807) is 0 Å². The van der Waals surface area contributed by atoms with Crippen molar-refractivity contribution in [2.75, 3.05) is 19.0 Å². The van der Waals surface area contributed by atoms with Crippen LogP contribution in [0.2, 0.25) is 0 Å². The van der Waals surface area contributed by atoms with E-state index >= 15 is 0 Å². The van der Waals surface area contributed by atoms with Gasteiger partial charge in [-0.05, 0) is 28.1 Å². The van der Waals surface area contributed by atoms with Crippen molar-refractivity contribution in [3.05, 3.63) is 64.5 Å². The van der Waals surface area contributed by atoms with Crippen LogP contribution in [0.5, 0.6) is 0 Å². The van der Waals surface area contributed by atoms with Crippen molar-refractivity contribution in [3.8, 4) is 6.07 Å². The summed E-state index contributed by atoms with van der Waals surface area (Å²) in [4.78, 5) is 2.04. The number of hydrogen-bond acceptors (Lipinski definition) is 2. The first-order chi connectivity index (χ1) is 9.11. The third-order valence-corrected chi connectivity index (χ3v) is 3.03. The molecule has 0 fully saturated rings. The molecule has 0 saturated heterocycles. The van der Waals surface area contributed by atoms with Crippen molar-refractivity contribution in [3.63, 3.8) is 0 Å². The van der Waals surface area contributed by atoms with Gasteiger partial charge < -0.3 is 4.90 Å². The second kappa shape index (κ2) is 5.41. The predicted molar refractivity (Wildman–Crippen MR) is 80.1 cm³/mol. The third kappa shape index (κ3) is 2.83. The zero-order valence-electron chi connectivity index (χ0n) is 11.2. The number of hydrogen-bond donors (Lipinski definition) is 0. The highest BCUT2D eigenvalue weighted by Gasteiger charge is 2.02. The second-order valence-corrected chi connectivity index (χ2v) is 4.63. The summed E-state index contributed by atoms with van der Waals surface area (Å²) < 4.78 is 0. The lowest BCUT2D eigenvalue weighted by Crippen LogP contribution is -2.10. The average Bonchev–Trinajstić information content (AvgIpc) is 2.42. The van der Waals surface area contributed by atoms with E-state index < -0.39 is 0 Å². The van der Waals surface area contributed by atoms with Crippen LogP contribution in [0, 0.1) is 11.3 Å². The SMILES string of the molecule is C=c1ccc(=C(C#N)c2ccc(N(C)C)cc2)cc1. The summed E-state index contributed by atoms with van der Waals surface area (Å²) in [6, 6.07) is 18.0. The lowest BCUT2D eigenvalue weighted by Gasteiger charge is -2.12. The fourth-order valence-electron chi connectivity index (χ4n) is 1.89. The average molecular weight is 248 g/mol. The van der Waals surface area contributed by atoms with Gasteiger partial charge in [0.1, 0.15) is 6.07 Å². The van der Waals surface area contributed by atoms with Crippen LogP contribution in [0.4, 0.5) is 5.69 Å². The molecule has 0 heterocycles. The highest BCUT2D eigenvalue weighted by atomic mass is 15.1. The van der Waals surface area contributed by atoms with Gasteiger partial charge in [0, 0.05) is 19.8 Å². The summed E-state index contributed by atoms with van der Waals surface area (Å²) in [7, 11) is 3.99. The third-order valence-electron chi connectivity index (χ3n) is 3.03. The maximum absolute atomic E-state index is 9.37. The molecule has 0 aliphatic carbocycles. The molecular formula is C17H16N2. The summed E-state index contributed by atoms with van der Waals surface area (Å²) in [6.07, 6.45) is 0. The van der Waals surface area contributed by atoms with Crippen LogP contribution in [-0.4, -0.2) is 14.1 Å². The second-order valence-electron chi connectivity index (χ2n) is 4.63. The summed E-state index contributed by atoms with van der Waals surface area (Å²) >= 11 is 0. The van der Waals surface area contributed by atoms with Crippen LogP contribution >= 0.6 is 0 Å². The molecule has 0 aromatic heterocycles. The van der Waals surface area contributed by atoms with Gasteiger partial charge in [-0.1, -0.05) is 43.0 Å². The van der Waals surface area contributed by atoms with E-state index in [9.17, 15) is 5.26 Å². The molecule has 2 aromatic carbocycles. The van der Waals surface area contributed by atoms with Gasteiger partial charge in [0.15, 0.2) is 0 Å². The van der Waals surface area contributed by atoms with Crippen LogP contribution in [0.3, 0.4) is 0 Å². The number of benzene rings is 2. The zero-order chi connectivity index (χ0) is 13.8. The Morgan fingerprint density at radius 2 is 1.58 bits per heavy atom. The van der Waals surface area contributed by atoms with Crippen LogP contribution in [0.15, 0.2) is 48.5 Å². The molecule has 0 bridgehead atoms. The zero-order valence-corrected chi connectivity index (χ0v) is 11.2. The molecule has 2 nitrogen and oxygen atoms in total. The van der Waals surface area contributed by atoms with E-state index in [-0.39, 0.29) is 0 Å². The van der Waals surface area contributed by atoms with Crippen molar-refractivity contribution in [1.82, 2.24) is 0 Å². The molecule has 0 atom stereocenters. The maximum Gasteiger partial charge on any atom is 0.100 e. The lowest BCUT2D eigenvalue weighted by molar-refractivity contribution is 1.13. The lowest BCUT2D eigenvalue weighted by atomic mass is 10.0. The molecule has 0 unspecified atom stereocenters. The minimum Gasteiger partial charge on any atom is -0.378 e. The molecule has 2 heteroatoms. The summed E-state index contributed by atoms with van der Waals surface area (Å²) in [5.41, 5.74) is 2.74. The van der Waals surface area contributed by atoms with Crippen molar-refractivity contribution in [1.29, 1.82) is 5.26 Å². The molecule has 2 aromatic rings. The molecule has 0 amide bonds. The molecule has 0 radical (unpaired) electrons. The van der Waals surface area contributed by atoms with E-state index in [1.807, 2.05) is 67.5 Å². The van der Waals surface area contributed by atoms with Crippen LogP contribution in [-0.2, 0) is 0 Å². The minimum atomic E-state index is 0.685. The van der Waals surface area contributed by atoms with Crippen molar-refractivity contribution in [2.24, 2.45) is 0 Å². The Balaban J connectivity index is 2.55. The molecule has 0 saturated carbocycles. The molecule has 0 spiro atoms. The standard InChI is InChI=1S/C17H16N2/c1-13-4-6-14(7-5-13)17(12-18)15-8-10-16(11-9-15)19(2)3/h4-11H,1H2,2-3H3. The monoisotopic (exact) mass is 248 g/mol. The Morgan fingerprint density at radius 3 is 2.05 bits per heavy atom.